The van der Waals surface area contributed by atoms with Crippen molar-refractivity contribution >= 4 is 15.9 Å². The smallest absolute Gasteiger partial charge is 0.0791 e. The van der Waals surface area contributed by atoms with Crippen LogP contribution >= 0.6 is 15.9 Å². The molecule has 18 heavy (non-hydrogen) atoms. The fourth-order valence-corrected chi connectivity index (χ4v) is 2.50. The van der Waals surface area contributed by atoms with Gasteiger partial charge in [0.05, 0.1) is 11.4 Å². The van der Waals surface area contributed by atoms with Gasteiger partial charge in [-0.2, -0.15) is 5.10 Å². The van der Waals surface area contributed by atoms with E-state index in [2.05, 4.69) is 53.1 Å². The molecule has 1 heterocycles. The van der Waals surface area contributed by atoms with Crippen LogP contribution in [-0.2, 0) is 0 Å². The number of aromatic nitrogens is 2. The van der Waals surface area contributed by atoms with E-state index in [1.807, 2.05) is 18.5 Å². The second-order valence-corrected chi connectivity index (χ2v) is 5.56. The van der Waals surface area contributed by atoms with Crippen LogP contribution in [0.5, 0.6) is 0 Å². The molecule has 1 atom stereocenters. The molecule has 0 saturated heterocycles. The maximum Gasteiger partial charge on any atom is 0.0791 e. The van der Waals surface area contributed by atoms with Crippen LogP contribution in [0.1, 0.15) is 35.5 Å². The van der Waals surface area contributed by atoms with Crippen LogP contribution in [0.15, 0.2) is 22.7 Å². The Morgan fingerprint density at radius 3 is 2.39 bits per heavy atom. The lowest BCUT2D eigenvalue weighted by Crippen LogP contribution is -2.06. The van der Waals surface area contributed by atoms with Gasteiger partial charge in [-0.3, -0.25) is 0 Å². The van der Waals surface area contributed by atoms with Gasteiger partial charge in [-0.25, -0.2) is 4.68 Å². The topological polar surface area (TPSA) is 43.8 Å². The maximum atomic E-state index is 5.89. The van der Waals surface area contributed by atoms with Gasteiger partial charge in [0.25, 0.3) is 0 Å². The van der Waals surface area contributed by atoms with Crippen LogP contribution in [0.25, 0.3) is 5.69 Å². The van der Waals surface area contributed by atoms with Gasteiger partial charge < -0.3 is 5.73 Å². The Balaban J connectivity index is 2.54. The summed E-state index contributed by atoms with van der Waals surface area (Å²) in [6, 6.07) is 6.21. The van der Waals surface area contributed by atoms with Crippen molar-refractivity contribution in [3.8, 4) is 5.69 Å². The number of rotatable bonds is 2. The number of benzene rings is 1. The molecule has 2 N–H and O–H groups in total. The molecule has 0 spiro atoms. The predicted octanol–water partition coefficient (Wildman–Crippen LogP) is 3.58. The summed E-state index contributed by atoms with van der Waals surface area (Å²) in [4.78, 5) is 0. The Bertz CT molecular complexity index is 585. The summed E-state index contributed by atoms with van der Waals surface area (Å²) >= 11 is 3.60. The average Bonchev–Trinajstić information content (AvgIpc) is 2.57. The van der Waals surface area contributed by atoms with E-state index in [-0.39, 0.29) is 6.04 Å². The summed E-state index contributed by atoms with van der Waals surface area (Å²) in [5.74, 6) is 0. The highest BCUT2D eigenvalue weighted by molar-refractivity contribution is 9.10. The molecule has 96 valence electrons. The summed E-state index contributed by atoms with van der Waals surface area (Å²) < 4.78 is 2.99. The summed E-state index contributed by atoms with van der Waals surface area (Å²) in [6.07, 6.45) is 0. The first-order valence-electron chi connectivity index (χ1n) is 6.00. The van der Waals surface area contributed by atoms with Gasteiger partial charge in [0, 0.05) is 16.2 Å². The molecule has 0 aliphatic carbocycles. The molecular weight excluding hydrogens is 290 g/mol. The molecule has 0 fully saturated rings. The maximum absolute atomic E-state index is 5.89. The van der Waals surface area contributed by atoms with Crippen LogP contribution in [0.4, 0.5) is 0 Å². The zero-order valence-corrected chi connectivity index (χ0v) is 12.7. The minimum atomic E-state index is 0.0394. The lowest BCUT2D eigenvalue weighted by molar-refractivity contribution is 0.805. The van der Waals surface area contributed by atoms with Crippen molar-refractivity contribution in [3.05, 3.63) is 45.2 Å². The summed E-state index contributed by atoms with van der Waals surface area (Å²) in [5.41, 5.74) is 11.5. The van der Waals surface area contributed by atoms with Gasteiger partial charge in [0.2, 0.25) is 0 Å². The molecule has 0 aliphatic rings. The first kappa shape index (κ1) is 13.3. The largest absolute Gasteiger partial charge is 0.324 e. The fourth-order valence-electron chi connectivity index (χ4n) is 1.93. The molecule has 0 saturated carbocycles. The monoisotopic (exact) mass is 307 g/mol. The summed E-state index contributed by atoms with van der Waals surface area (Å²) in [5, 5.41) is 4.57. The average molecular weight is 308 g/mol. The number of hydrogen-bond donors (Lipinski definition) is 1. The van der Waals surface area contributed by atoms with E-state index < -0.39 is 0 Å². The van der Waals surface area contributed by atoms with Crippen molar-refractivity contribution in [2.45, 2.75) is 33.7 Å². The van der Waals surface area contributed by atoms with Crippen LogP contribution in [0, 0.1) is 20.8 Å². The van der Waals surface area contributed by atoms with Crippen molar-refractivity contribution in [2.24, 2.45) is 5.73 Å². The molecule has 1 aromatic carbocycles. The van der Waals surface area contributed by atoms with Gasteiger partial charge >= 0.3 is 0 Å². The molecule has 0 radical (unpaired) electrons. The molecule has 4 heteroatoms. The van der Waals surface area contributed by atoms with Crippen molar-refractivity contribution in [1.82, 2.24) is 9.78 Å². The van der Waals surface area contributed by atoms with Crippen molar-refractivity contribution < 1.29 is 0 Å². The van der Waals surface area contributed by atoms with Gasteiger partial charge in [-0.05, 0) is 66.9 Å². The molecule has 2 rings (SSSR count). The lowest BCUT2D eigenvalue weighted by atomic mass is 10.1. The van der Waals surface area contributed by atoms with Crippen LogP contribution in [0.3, 0.4) is 0 Å². The third kappa shape index (κ3) is 2.22. The van der Waals surface area contributed by atoms with Gasteiger partial charge in [-0.1, -0.05) is 6.07 Å². The second kappa shape index (κ2) is 4.86. The lowest BCUT2D eigenvalue weighted by Gasteiger charge is -2.11. The van der Waals surface area contributed by atoms with E-state index in [4.69, 9.17) is 5.73 Å². The Morgan fingerprint density at radius 1 is 1.28 bits per heavy atom. The third-order valence-electron chi connectivity index (χ3n) is 3.38. The number of nitrogens with two attached hydrogens (primary N) is 1. The highest BCUT2D eigenvalue weighted by Crippen LogP contribution is 2.26. The molecular formula is C14H18BrN3. The van der Waals surface area contributed by atoms with E-state index in [1.54, 1.807) is 0 Å². The minimum absolute atomic E-state index is 0.0394. The molecule has 3 nitrogen and oxygen atoms in total. The number of hydrogen-bond acceptors (Lipinski definition) is 2. The van der Waals surface area contributed by atoms with E-state index in [0.717, 1.165) is 21.4 Å². The summed E-state index contributed by atoms with van der Waals surface area (Å²) in [6.45, 7) is 8.19. The van der Waals surface area contributed by atoms with Crippen LogP contribution in [0.2, 0.25) is 0 Å². The second-order valence-electron chi connectivity index (χ2n) is 4.71. The molecule has 0 amide bonds. The van der Waals surface area contributed by atoms with Crippen molar-refractivity contribution in [3.63, 3.8) is 0 Å². The molecule has 0 unspecified atom stereocenters. The molecule has 1 aromatic heterocycles. The first-order chi connectivity index (χ1) is 8.41. The van der Waals surface area contributed by atoms with Crippen molar-refractivity contribution in [1.29, 1.82) is 0 Å². The highest BCUT2D eigenvalue weighted by atomic mass is 79.9. The van der Waals surface area contributed by atoms with E-state index in [1.165, 1.54) is 11.3 Å². The Morgan fingerprint density at radius 2 is 1.94 bits per heavy atom. The molecule has 2 aromatic rings. The normalized spacial score (nSPS) is 12.8. The third-order valence-corrected chi connectivity index (χ3v) is 4.01. The van der Waals surface area contributed by atoms with Crippen LogP contribution < -0.4 is 5.73 Å². The number of aryl methyl sites for hydroxylation is 1. The van der Waals surface area contributed by atoms with E-state index in [9.17, 15) is 0 Å². The fraction of sp³-hybridized carbons (Fsp3) is 0.357. The van der Waals surface area contributed by atoms with E-state index >= 15 is 0 Å². The highest BCUT2D eigenvalue weighted by Gasteiger charge is 2.12. The Hall–Kier alpha value is -1.13. The van der Waals surface area contributed by atoms with E-state index in [0.29, 0.717) is 0 Å². The number of nitrogens with zero attached hydrogens (tertiary/aromatic N) is 2. The standard InChI is InChI=1S/C14H18BrN3/c1-8-10(3)17-18(11(8)4)14-6-5-12(9(2)16)7-13(14)15/h5-7,9H,16H2,1-4H3/t9-/m1/s1. The minimum Gasteiger partial charge on any atom is -0.324 e. The molecule has 0 aliphatic heterocycles. The number of halogens is 1. The van der Waals surface area contributed by atoms with Gasteiger partial charge in [0.15, 0.2) is 0 Å². The quantitative estimate of drug-likeness (QED) is 0.921. The SMILES string of the molecule is Cc1nn(-c2ccc([C@@H](C)N)cc2Br)c(C)c1C. The van der Waals surface area contributed by atoms with Crippen molar-refractivity contribution in [2.75, 3.05) is 0 Å². The first-order valence-corrected chi connectivity index (χ1v) is 6.79. The predicted molar refractivity (Wildman–Crippen MR) is 78.1 cm³/mol. The zero-order chi connectivity index (χ0) is 13.4. The van der Waals surface area contributed by atoms with Crippen LogP contribution in [-0.4, -0.2) is 9.78 Å². The Labute approximate surface area is 116 Å². The summed E-state index contributed by atoms with van der Waals surface area (Å²) in [7, 11) is 0. The molecule has 0 bridgehead atoms. The van der Waals surface area contributed by atoms with Gasteiger partial charge in [0.1, 0.15) is 0 Å². The Kier molecular flexibility index (Phi) is 3.59. The van der Waals surface area contributed by atoms with Gasteiger partial charge in [-0.15, -0.1) is 0 Å². The zero-order valence-electron chi connectivity index (χ0n) is 11.2.